The van der Waals surface area contributed by atoms with Crippen LogP contribution in [0.1, 0.15) is 31.4 Å². The lowest BCUT2D eigenvalue weighted by Gasteiger charge is -2.32. The van der Waals surface area contributed by atoms with Gasteiger partial charge in [0.25, 0.3) is 0 Å². The van der Waals surface area contributed by atoms with Gasteiger partial charge in [-0.15, -0.1) is 0 Å². The number of benzene rings is 1. The van der Waals surface area contributed by atoms with Crippen LogP contribution in [0.2, 0.25) is 0 Å². The summed E-state index contributed by atoms with van der Waals surface area (Å²) in [6.45, 7) is 3.20. The Hall–Kier alpha value is -1.74. The smallest absolute Gasteiger partial charge is 0.233 e. The number of amides is 1. The van der Waals surface area contributed by atoms with Crippen molar-refractivity contribution in [3.8, 4) is 0 Å². The maximum Gasteiger partial charge on any atom is 0.233 e. The third kappa shape index (κ3) is 5.63. The van der Waals surface area contributed by atoms with Crippen LogP contribution in [0.4, 0.5) is 0 Å². The molecule has 0 aromatic heterocycles. The Morgan fingerprint density at radius 2 is 1.96 bits per heavy atom. The number of carbonyl (C=O) groups excluding carboxylic acids is 1. The predicted octanol–water partition coefficient (Wildman–Crippen LogP) is 1.96. The first kappa shape index (κ1) is 20.6. The summed E-state index contributed by atoms with van der Waals surface area (Å²) in [4.78, 5) is 11.0. The fourth-order valence-corrected chi connectivity index (χ4v) is 4.67. The van der Waals surface area contributed by atoms with Gasteiger partial charge >= 0.3 is 0 Å². The van der Waals surface area contributed by atoms with Gasteiger partial charge < -0.3 is 4.74 Å². The van der Waals surface area contributed by atoms with Gasteiger partial charge in [0.15, 0.2) is 0 Å². The minimum Gasteiger partial charge on any atom is -0.374 e. The standard InChI is InChI=1S/C18H26N2O5S/c1-2-3-13-25-17-9-11-19(12-10-17)26(23,24)14-18(20(22)15-21)16-7-5-4-6-8-16/h2-8,15,17-18,22H,9-14H2,1H3. The van der Waals surface area contributed by atoms with Gasteiger partial charge in [0.05, 0.1) is 24.5 Å². The van der Waals surface area contributed by atoms with Crippen molar-refractivity contribution in [3.05, 3.63) is 48.0 Å². The number of nitrogens with zero attached hydrogens (tertiary/aromatic N) is 2. The summed E-state index contributed by atoms with van der Waals surface area (Å²) in [6, 6.07) is 7.70. The molecule has 1 amide bonds. The van der Waals surface area contributed by atoms with Crippen LogP contribution in [-0.4, -0.2) is 61.0 Å². The van der Waals surface area contributed by atoms with Crippen LogP contribution in [0.25, 0.3) is 0 Å². The molecule has 1 aromatic carbocycles. The Labute approximate surface area is 154 Å². The van der Waals surface area contributed by atoms with Gasteiger partial charge in [-0.2, -0.15) is 0 Å². The Morgan fingerprint density at radius 3 is 2.54 bits per heavy atom. The van der Waals surface area contributed by atoms with Crippen LogP contribution in [0.3, 0.4) is 0 Å². The number of carbonyl (C=O) groups is 1. The quantitative estimate of drug-likeness (QED) is 0.305. The Kier molecular flexibility index (Phi) is 7.77. The predicted molar refractivity (Wildman–Crippen MR) is 98.0 cm³/mol. The molecule has 1 heterocycles. The molecule has 1 unspecified atom stereocenters. The number of ether oxygens (including phenoxy) is 1. The Morgan fingerprint density at radius 1 is 1.31 bits per heavy atom. The summed E-state index contributed by atoms with van der Waals surface area (Å²) in [5.41, 5.74) is 0.565. The van der Waals surface area contributed by atoms with E-state index in [1.807, 2.05) is 19.1 Å². The number of hydrogen-bond donors (Lipinski definition) is 1. The highest BCUT2D eigenvalue weighted by Gasteiger charge is 2.32. The molecule has 26 heavy (non-hydrogen) atoms. The fraction of sp³-hybridized carbons (Fsp3) is 0.500. The molecule has 1 aliphatic heterocycles. The first-order valence-electron chi connectivity index (χ1n) is 8.66. The van der Waals surface area contributed by atoms with Gasteiger partial charge in [0.2, 0.25) is 16.4 Å². The number of hydrogen-bond acceptors (Lipinski definition) is 5. The summed E-state index contributed by atoms with van der Waals surface area (Å²) in [5, 5.41) is 10.3. The molecule has 7 nitrogen and oxygen atoms in total. The molecule has 1 fully saturated rings. The lowest BCUT2D eigenvalue weighted by molar-refractivity contribution is -0.159. The minimum absolute atomic E-state index is 0.0480. The van der Waals surface area contributed by atoms with Crippen molar-refractivity contribution in [1.82, 2.24) is 9.37 Å². The second-order valence-electron chi connectivity index (χ2n) is 6.19. The van der Waals surface area contributed by atoms with E-state index in [2.05, 4.69) is 0 Å². The summed E-state index contributed by atoms with van der Waals surface area (Å²) in [7, 11) is -3.63. The van der Waals surface area contributed by atoms with Gasteiger partial charge in [-0.1, -0.05) is 42.5 Å². The van der Waals surface area contributed by atoms with E-state index in [0.717, 1.165) is 0 Å². The first-order chi connectivity index (χ1) is 12.5. The zero-order valence-corrected chi connectivity index (χ0v) is 15.7. The molecule has 1 aliphatic rings. The van der Waals surface area contributed by atoms with Crippen LogP contribution in [-0.2, 0) is 19.6 Å². The van der Waals surface area contributed by atoms with Crippen molar-refractivity contribution >= 4 is 16.4 Å². The van der Waals surface area contributed by atoms with Crippen LogP contribution < -0.4 is 0 Å². The first-order valence-corrected chi connectivity index (χ1v) is 10.3. The fourth-order valence-electron chi connectivity index (χ4n) is 2.94. The normalized spacial score (nSPS) is 18.1. The van der Waals surface area contributed by atoms with E-state index in [1.165, 1.54) is 4.31 Å². The summed E-state index contributed by atoms with van der Waals surface area (Å²) >= 11 is 0. The van der Waals surface area contributed by atoms with E-state index in [0.29, 0.717) is 43.2 Å². The molecule has 1 saturated heterocycles. The molecule has 1 aromatic rings. The summed E-state index contributed by atoms with van der Waals surface area (Å²) in [5.74, 6) is -0.365. The zero-order chi connectivity index (χ0) is 19.0. The van der Waals surface area contributed by atoms with Crippen molar-refractivity contribution in [2.75, 3.05) is 25.4 Å². The molecular weight excluding hydrogens is 356 g/mol. The number of allylic oxidation sites excluding steroid dienone is 1. The summed E-state index contributed by atoms with van der Waals surface area (Å²) < 4.78 is 32.7. The Balaban J connectivity index is 2.01. The number of hydroxylamine groups is 2. The van der Waals surface area contributed by atoms with Gasteiger partial charge in [-0.3, -0.25) is 10.0 Å². The molecular formula is C18H26N2O5S. The Bertz CT molecular complexity index is 685. The van der Waals surface area contributed by atoms with Gasteiger partial charge in [-0.25, -0.2) is 17.8 Å². The van der Waals surface area contributed by atoms with Crippen LogP contribution in [0.15, 0.2) is 42.5 Å². The van der Waals surface area contributed by atoms with E-state index >= 15 is 0 Å². The molecule has 0 radical (unpaired) electrons. The van der Waals surface area contributed by atoms with Crippen molar-refractivity contribution in [2.24, 2.45) is 0 Å². The van der Waals surface area contributed by atoms with Gasteiger partial charge in [0.1, 0.15) is 0 Å². The summed E-state index contributed by atoms with van der Waals surface area (Å²) in [6.07, 6.45) is 5.37. The lowest BCUT2D eigenvalue weighted by atomic mass is 10.1. The SMILES string of the molecule is CC=CCOC1CCN(S(=O)(=O)CC(c2ccccc2)N(O)C=O)CC1. The highest BCUT2D eigenvalue weighted by Crippen LogP contribution is 2.24. The minimum atomic E-state index is -3.63. The molecule has 2 rings (SSSR count). The highest BCUT2D eigenvalue weighted by molar-refractivity contribution is 7.89. The van der Waals surface area contributed by atoms with Crippen LogP contribution in [0, 0.1) is 0 Å². The number of sulfonamides is 1. The second kappa shape index (κ2) is 9.82. The van der Waals surface area contributed by atoms with Crippen LogP contribution >= 0.6 is 0 Å². The molecule has 0 aliphatic carbocycles. The molecule has 0 saturated carbocycles. The van der Waals surface area contributed by atoms with Crippen molar-refractivity contribution < 1.29 is 23.2 Å². The van der Waals surface area contributed by atoms with E-state index in [4.69, 9.17) is 4.74 Å². The lowest BCUT2D eigenvalue weighted by Crippen LogP contribution is -2.44. The molecule has 1 atom stereocenters. The van der Waals surface area contributed by atoms with Crippen molar-refractivity contribution in [3.63, 3.8) is 0 Å². The van der Waals surface area contributed by atoms with Crippen LogP contribution in [0.5, 0.6) is 0 Å². The number of rotatable bonds is 9. The molecule has 0 spiro atoms. The number of piperidine rings is 1. The van der Waals surface area contributed by atoms with E-state index in [9.17, 15) is 18.4 Å². The van der Waals surface area contributed by atoms with E-state index in [-0.39, 0.29) is 18.3 Å². The molecule has 1 N–H and O–H groups in total. The molecule has 0 bridgehead atoms. The maximum atomic E-state index is 12.8. The monoisotopic (exact) mass is 382 g/mol. The largest absolute Gasteiger partial charge is 0.374 e. The topological polar surface area (TPSA) is 87.2 Å². The highest BCUT2D eigenvalue weighted by atomic mass is 32.2. The van der Waals surface area contributed by atoms with Gasteiger partial charge in [-0.05, 0) is 25.3 Å². The molecule has 144 valence electrons. The third-order valence-corrected chi connectivity index (χ3v) is 6.33. The van der Waals surface area contributed by atoms with Gasteiger partial charge in [0, 0.05) is 13.1 Å². The zero-order valence-electron chi connectivity index (χ0n) is 14.9. The molecule has 8 heteroatoms. The average Bonchev–Trinajstić information content (AvgIpc) is 2.67. The van der Waals surface area contributed by atoms with Crippen molar-refractivity contribution in [2.45, 2.75) is 31.9 Å². The van der Waals surface area contributed by atoms with Crippen molar-refractivity contribution in [1.29, 1.82) is 0 Å². The second-order valence-corrected chi connectivity index (χ2v) is 8.20. The average molecular weight is 382 g/mol. The third-order valence-electron chi connectivity index (χ3n) is 4.44. The van der Waals surface area contributed by atoms with E-state index in [1.54, 1.807) is 30.3 Å². The van der Waals surface area contributed by atoms with E-state index < -0.39 is 16.1 Å². The maximum absolute atomic E-state index is 12.8.